The van der Waals surface area contributed by atoms with Gasteiger partial charge in [0.25, 0.3) is 5.91 Å². The van der Waals surface area contributed by atoms with Gasteiger partial charge in [0.1, 0.15) is 5.69 Å². The van der Waals surface area contributed by atoms with Gasteiger partial charge >= 0.3 is 29.6 Å². The number of amides is 1. The molecule has 0 radical (unpaired) electrons. The summed E-state index contributed by atoms with van der Waals surface area (Å²) in [6.45, 7) is 0. The number of hydrogen-bond donors (Lipinski definition) is 2. The number of rotatable bonds is 1. The Balaban J connectivity index is 0.00000144. The van der Waals surface area contributed by atoms with Gasteiger partial charge in [-0.2, -0.15) is 4.99 Å². The Morgan fingerprint density at radius 1 is 1.38 bits per heavy atom. The number of aliphatic imine (C=N–C) groups is 1. The van der Waals surface area contributed by atoms with E-state index in [0.29, 0.717) is 0 Å². The summed E-state index contributed by atoms with van der Waals surface area (Å²) in [6.07, 6.45) is 4.12. The fraction of sp³-hybridized carbons (Fsp3) is 0. The molecule has 0 aliphatic carbocycles. The van der Waals surface area contributed by atoms with Crippen molar-refractivity contribution in [2.75, 3.05) is 0 Å². The number of aromatic nitrogens is 2. The quantitative estimate of drug-likeness (QED) is 0.309. The first kappa shape index (κ1) is 12.0. The molecular weight excluding hydrogens is 181 g/mol. The number of hydrogen-bond acceptors (Lipinski definition) is 3. The van der Waals surface area contributed by atoms with E-state index >= 15 is 0 Å². The van der Waals surface area contributed by atoms with Crippen LogP contribution in [-0.2, 0) is 0 Å². The van der Waals surface area contributed by atoms with Gasteiger partial charge in [0.15, 0.2) is 5.96 Å². The van der Waals surface area contributed by atoms with Crippen LogP contribution in [0.4, 0.5) is 0 Å². The van der Waals surface area contributed by atoms with Crippen LogP contribution < -0.4 is 11.5 Å². The second kappa shape index (κ2) is 5.63. The molecule has 1 aromatic rings. The molecule has 1 amide bonds. The van der Waals surface area contributed by atoms with Gasteiger partial charge in [-0.05, 0) is 0 Å². The maximum absolute atomic E-state index is 11.0. The second-order valence-corrected chi connectivity index (χ2v) is 1.93. The summed E-state index contributed by atoms with van der Waals surface area (Å²) >= 11 is 0. The van der Waals surface area contributed by atoms with E-state index in [9.17, 15) is 4.79 Å². The van der Waals surface area contributed by atoms with Gasteiger partial charge in [0.05, 0.1) is 6.20 Å². The number of carbonyl (C=O) groups excluding carboxylic acids is 1. The monoisotopic (exact) mass is 189 g/mol. The molecule has 0 saturated carbocycles. The molecule has 0 atom stereocenters. The minimum absolute atomic E-state index is 0. The van der Waals surface area contributed by atoms with Gasteiger partial charge in [0, 0.05) is 12.4 Å². The van der Waals surface area contributed by atoms with E-state index in [1.807, 2.05) is 0 Å². The van der Waals surface area contributed by atoms with Crippen LogP contribution in [0.1, 0.15) is 10.5 Å². The number of nitrogens with zero attached hydrogens (tertiary/aromatic N) is 3. The van der Waals surface area contributed by atoms with E-state index in [1.54, 1.807) is 0 Å². The van der Waals surface area contributed by atoms with Crippen LogP contribution >= 0.6 is 0 Å². The molecule has 0 fully saturated rings. The first-order chi connectivity index (χ1) is 5.70. The van der Waals surface area contributed by atoms with E-state index in [4.69, 9.17) is 11.5 Å². The van der Waals surface area contributed by atoms with Crippen LogP contribution in [0.3, 0.4) is 0 Å². The maximum atomic E-state index is 11.0. The Bertz CT molecular complexity index is 308. The zero-order valence-electron chi connectivity index (χ0n) is 6.14. The van der Waals surface area contributed by atoms with Crippen molar-refractivity contribution in [3.05, 3.63) is 24.3 Å². The average Bonchev–Trinajstić information content (AvgIpc) is 2.05. The topological polar surface area (TPSA) is 107 Å². The second-order valence-electron chi connectivity index (χ2n) is 1.93. The van der Waals surface area contributed by atoms with Gasteiger partial charge in [-0.3, -0.25) is 9.78 Å². The summed E-state index contributed by atoms with van der Waals surface area (Å²) in [7, 11) is 0. The molecule has 0 saturated heterocycles. The zero-order chi connectivity index (χ0) is 8.97. The molecule has 1 aromatic heterocycles. The number of carbonyl (C=O) groups is 1. The van der Waals surface area contributed by atoms with Crippen LogP contribution in [0.25, 0.3) is 0 Å². The van der Waals surface area contributed by atoms with E-state index < -0.39 is 5.91 Å². The predicted octanol–water partition coefficient (Wildman–Crippen LogP) is -1.76. The third-order valence-electron chi connectivity index (χ3n) is 1.01. The van der Waals surface area contributed by atoms with E-state index in [0.717, 1.165) is 0 Å². The van der Waals surface area contributed by atoms with E-state index in [2.05, 4.69) is 15.0 Å². The van der Waals surface area contributed by atoms with Crippen molar-refractivity contribution in [2.24, 2.45) is 16.5 Å². The molecule has 1 rings (SSSR count). The molecule has 0 aliphatic rings. The summed E-state index contributed by atoms with van der Waals surface area (Å²) in [5.74, 6) is -0.881. The Labute approximate surface area is 96.8 Å². The van der Waals surface area contributed by atoms with Crippen molar-refractivity contribution in [3.8, 4) is 0 Å². The third kappa shape index (κ3) is 3.97. The Kier molecular flexibility index (Phi) is 5.20. The number of nitrogens with two attached hydrogens (primary N) is 2. The first-order valence-corrected chi connectivity index (χ1v) is 3.10. The fourth-order valence-electron chi connectivity index (χ4n) is 0.584. The van der Waals surface area contributed by atoms with Gasteiger partial charge in [-0.15, -0.1) is 0 Å². The van der Waals surface area contributed by atoms with Crippen molar-refractivity contribution in [1.82, 2.24) is 9.97 Å². The molecule has 1 heterocycles. The Hall–Kier alpha value is -0.980. The molecule has 4 N–H and O–H groups in total. The summed E-state index contributed by atoms with van der Waals surface area (Å²) in [5, 5.41) is 0. The summed E-state index contributed by atoms with van der Waals surface area (Å²) in [4.78, 5) is 21.7. The van der Waals surface area contributed by atoms with Gasteiger partial charge in [0.2, 0.25) is 0 Å². The Morgan fingerprint density at radius 3 is 2.54 bits per heavy atom. The molecule has 0 spiro atoms. The van der Waals surface area contributed by atoms with Gasteiger partial charge in [-0.25, -0.2) is 4.98 Å². The normalized spacial score (nSPS) is 8.31. The molecule has 0 bridgehead atoms. The van der Waals surface area contributed by atoms with Crippen LogP contribution in [0.2, 0.25) is 0 Å². The van der Waals surface area contributed by atoms with Crippen LogP contribution in [-0.4, -0.2) is 51.4 Å². The number of guanidine groups is 1. The average molecular weight is 189 g/mol. The minimum atomic E-state index is -0.594. The van der Waals surface area contributed by atoms with Gasteiger partial charge in [-0.1, -0.05) is 0 Å². The zero-order valence-corrected chi connectivity index (χ0v) is 6.14. The summed E-state index contributed by atoms with van der Waals surface area (Å²) in [5.41, 5.74) is 10.1. The van der Waals surface area contributed by atoms with Crippen molar-refractivity contribution in [3.63, 3.8) is 0 Å². The van der Waals surface area contributed by atoms with E-state index in [1.165, 1.54) is 18.6 Å². The molecule has 7 heteroatoms. The van der Waals surface area contributed by atoms with Crippen LogP contribution in [0.5, 0.6) is 0 Å². The van der Waals surface area contributed by atoms with Crippen molar-refractivity contribution in [2.45, 2.75) is 0 Å². The molecule has 0 aromatic carbocycles. The molecule has 6 nitrogen and oxygen atoms in total. The van der Waals surface area contributed by atoms with E-state index in [-0.39, 0.29) is 41.2 Å². The predicted molar refractivity (Wildman–Crippen MR) is 49.3 cm³/mol. The SMILES string of the molecule is NC(N)=NC(=O)c1cnccn1.[NaH]. The summed E-state index contributed by atoms with van der Waals surface area (Å²) < 4.78 is 0. The van der Waals surface area contributed by atoms with Crippen molar-refractivity contribution in [1.29, 1.82) is 0 Å². The Morgan fingerprint density at radius 2 is 2.08 bits per heavy atom. The van der Waals surface area contributed by atoms with Crippen LogP contribution in [0.15, 0.2) is 23.6 Å². The molecule has 64 valence electrons. The molecule has 0 unspecified atom stereocenters. The standard InChI is InChI=1S/C6H7N5O.Na.H/c7-6(8)11-5(12)4-3-9-1-2-10-4;;/h1-3H,(H4,7,8,11,12);;. The summed E-state index contributed by atoms with van der Waals surface area (Å²) in [6, 6.07) is 0. The molecule has 0 aliphatic heterocycles. The fourth-order valence-corrected chi connectivity index (χ4v) is 0.584. The first-order valence-electron chi connectivity index (χ1n) is 3.10. The van der Waals surface area contributed by atoms with Crippen molar-refractivity contribution >= 4 is 41.4 Å². The van der Waals surface area contributed by atoms with Crippen molar-refractivity contribution < 1.29 is 4.79 Å². The third-order valence-corrected chi connectivity index (χ3v) is 1.01. The molecule has 13 heavy (non-hydrogen) atoms. The van der Waals surface area contributed by atoms with Gasteiger partial charge < -0.3 is 11.5 Å². The molecular formula is C6H8N5NaO. The van der Waals surface area contributed by atoms with Crippen LogP contribution in [0, 0.1) is 0 Å².